The van der Waals surface area contributed by atoms with E-state index in [4.69, 9.17) is 28.9 Å². The molecule has 170 valence electrons. The summed E-state index contributed by atoms with van der Waals surface area (Å²) < 4.78 is 32.0. The molecule has 0 bridgehead atoms. The van der Waals surface area contributed by atoms with E-state index in [1.54, 1.807) is 36.7 Å². The predicted molar refractivity (Wildman–Crippen MR) is 126 cm³/mol. The molecule has 1 aliphatic heterocycles. The molecule has 1 aromatic carbocycles. The van der Waals surface area contributed by atoms with E-state index in [-0.39, 0.29) is 9.92 Å². The van der Waals surface area contributed by atoms with Gasteiger partial charge in [0.25, 0.3) is 0 Å². The monoisotopic (exact) mass is 492 g/mol. The van der Waals surface area contributed by atoms with Crippen LogP contribution >= 0.6 is 23.8 Å². The first-order valence-electron chi connectivity index (χ1n) is 10.5. The minimum Gasteiger partial charge on any atom is -0.300 e. The Morgan fingerprint density at radius 3 is 2.41 bits per heavy atom. The van der Waals surface area contributed by atoms with Gasteiger partial charge in [-0.25, -0.2) is 13.1 Å². The maximum Gasteiger partial charge on any atom is 0.244 e. The number of hydrogen-bond acceptors (Lipinski definition) is 6. The molecular weight excluding hydrogens is 468 g/mol. The summed E-state index contributed by atoms with van der Waals surface area (Å²) in [6, 6.07) is 10.4. The van der Waals surface area contributed by atoms with Crippen LogP contribution in [0.5, 0.6) is 0 Å². The number of benzene rings is 1. The Hall–Kier alpha value is -2.11. The summed E-state index contributed by atoms with van der Waals surface area (Å²) >= 11 is 11.8. The van der Waals surface area contributed by atoms with E-state index in [1.165, 1.54) is 4.31 Å². The van der Waals surface area contributed by atoms with E-state index in [2.05, 4.69) is 16.8 Å². The normalized spacial score (nSPS) is 15.8. The molecule has 0 N–H and O–H groups in total. The Bertz CT molecular complexity index is 1230. The fourth-order valence-electron chi connectivity index (χ4n) is 3.77. The lowest BCUT2D eigenvalue weighted by Gasteiger charge is -2.33. The molecule has 0 amide bonds. The van der Waals surface area contributed by atoms with Crippen molar-refractivity contribution in [3.8, 4) is 11.4 Å². The van der Waals surface area contributed by atoms with Crippen LogP contribution in [0, 0.1) is 4.77 Å². The summed E-state index contributed by atoms with van der Waals surface area (Å²) in [5, 5.41) is 5.02. The molecule has 0 spiro atoms. The fourth-order valence-corrected chi connectivity index (χ4v) is 5.96. The summed E-state index contributed by atoms with van der Waals surface area (Å²) in [6.45, 7) is 5.32. The molecule has 32 heavy (non-hydrogen) atoms. The lowest BCUT2D eigenvalue weighted by atomic mass is 10.2. The van der Waals surface area contributed by atoms with Gasteiger partial charge in [0.2, 0.25) is 10.0 Å². The van der Waals surface area contributed by atoms with E-state index in [0.717, 1.165) is 24.4 Å². The summed E-state index contributed by atoms with van der Waals surface area (Å²) in [5.74, 6) is 0.819. The predicted octanol–water partition coefficient (Wildman–Crippen LogP) is 3.50. The molecule has 2 aromatic heterocycles. The number of halogens is 1. The Kier molecular flexibility index (Phi) is 7.06. The summed E-state index contributed by atoms with van der Waals surface area (Å²) in [5.41, 5.74) is 0.967. The maximum atomic E-state index is 13.0. The summed E-state index contributed by atoms with van der Waals surface area (Å²) in [6.07, 6.45) is 4.43. The standard InChI is InChI=1S/C21H25ClN6O2S2/c1-2-11-27-20(17-7-9-23-10-8-17)24-28(21(27)31)16-25-12-14-26(15-13-25)32(29,30)19-6-4-3-5-18(19)22/h3-10H,2,11-16H2,1H3. The molecule has 8 nitrogen and oxygen atoms in total. The second kappa shape index (κ2) is 9.80. The highest BCUT2D eigenvalue weighted by Gasteiger charge is 2.30. The molecule has 4 rings (SSSR count). The number of rotatable bonds is 7. The third-order valence-electron chi connectivity index (χ3n) is 5.43. The number of sulfonamides is 1. The lowest BCUT2D eigenvalue weighted by Crippen LogP contribution is -2.49. The quantitative estimate of drug-likeness (QED) is 0.470. The summed E-state index contributed by atoms with van der Waals surface area (Å²) in [4.78, 5) is 6.39. The Morgan fingerprint density at radius 1 is 1.06 bits per heavy atom. The van der Waals surface area contributed by atoms with Crippen molar-refractivity contribution < 1.29 is 8.42 Å². The van der Waals surface area contributed by atoms with E-state index >= 15 is 0 Å². The van der Waals surface area contributed by atoms with Crippen molar-refractivity contribution in [1.29, 1.82) is 0 Å². The van der Waals surface area contributed by atoms with Crippen molar-refractivity contribution >= 4 is 33.8 Å². The highest BCUT2D eigenvalue weighted by molar-refractivity contribution is 7.89. The van der Waals surface area contributed by atoms with Gasteiger partial charge in [-0.1, -0.05) is 30.7 Å². The minimum atomic E-state index is -3.62. The maximum absolute atomic E-state index is 13.0. The first-order valence-corrected chi connectivity index (χ1v) is 12.7. The Morgan fingerprint density at radius 2 is 1.75 bits per heavy atom. The van der Waals surface area contributed by atoms with Gasteiger partial charge in [0.1, 0.15) is 4.90 Å². The molecule has 1 saturated heterocycles. The van der Waals surface area contributed by atoms with Crippen LogP contribution in [0.4, 0.5) is 0 Å². The van der Waals surface area contributed by atoms with Crippen LogP contribution in [-0.2, 0) is 23.2 Å². The van der Waals surface area contributed by atoms with Crippen molar-refractivity contribution in [3.05, 3.63) is 58.6 Å². The van der Waals surface area contributed by atoms with E-state index in [0.29, 0.717) is 37.6 Å². The van der Waals surface area contributed by atoms with E-state index in [1.807, 2.05) is 21.4 Å². The van der Waals surface area contributed by atoms with Gasteiger partial charge in [0.05, 0.1) is 11.7 Å². The second-order valence-electron chi connectivity index (χ2n) is 7.59. The number of aromatic nitrogens is 4. The molecule has 3 heterocycles. The third kappa shape index (κ3) is 4.65. The van der Waals surface area contributed by atoms with Crippen molar-refractivity contribution in [2.45, 2.75) is 31.5 Å². The van der Waals surface area contributed by atoms with E-state index in [9.17, 15) is 8.42 Å². The number of pyridine rings is 1. The number of piperazine rings is 1. The fraction of sp³-hybridized carbons (Fsp3) is 0.381. The molecule has 0 unspecified atom stereocenters. The molecule has 0 saturated carbocycles. The van der Waals surface area contributed by atoms with Crippen molar-refractivity contribution in [2.24, 2.45) is 0 Å². The molecule has 0 aliphatic carbocycles. The van der Waals surface area contributed by atoms with Gasteiger partial charge >= 0.3 is 0 Å². The molecule has 3 aromatic rings. The highest BCUT2D eigenvalue weighted by atomic mass is 35.5. The summed E-state index contributed by atoms with van der Waals surface area (Å²) in [7, 11) is -3.62. The van der Waals surface area contributed by atoms with Gasteiger partial charge in [-0.3, -0.25) is 14.5 Å². The zero-order chi connectivity index (χ0) is 22.7. The highest BCUT2D eigenvalue weighted by Crippen LogP contribution is 2.25. The van der Waals surface area contributed by atoms with Gasteiger partial charge in [-0.15, -0.1) is 0 Å². The van der Waals surface area contributed by atoms with Gasteiger partial charge in [-0.05, 0) is 42.9 Å². The minimum absolute atomic E-state index is 0.151. The van der Waals surface area contributed by atoms with Crippen LogP contribution in [0.3, 0.4) is 0 Å². The average molecular weight is 493 g/mol. The van der Waals surface area contributed by atoms with Crippen LogP contribution in [0.25, 0.3) is 11.4 Å². The topological polar surface area (TPSA) is 76.3 Å². The molecule has 1 fully saturated rings. The number of nitrogens with zero attached hydrogens (tertiary/aromatic N) is 6. The Labute approximate surface area is 198 Å². The van der Waals surface area contributed by atoms with Crippen molar-refractivity contribution in [1.82, 2.24) is 28.5 Å². The van der Waals surface area contributed by atoms with Crippen LogP contribution in [0.1, 0.15) is 13.3 Å². The van der Waals surface area contributed by atoms with Gasteiger partial charge in [0.15, 0.2) is 10.6 Å². The SMILES string of the molecule is CCCn1c(-c2ccncc2)nn(CN2CCN(S(=O)(=O)c3ccccc3Cl)CC2)c1=S. The van der Waals surface area contributed by atoms with Crippen LogP contribution in [-0.4, -0.2) is 63.1 Å². The van der Waals surface area contributed by atoms with Crippen molar-refractivity contribution in [2.75, 3.05) is 26.2 Å². The molecule has 0 radical (unpaired) electrons. The van der Waals surface area contributed by atoms with Gasteiger partial charge in [-0.2, -0.15) is 9.40 Å². The first kappa shape index (κ1) is 23.1. The van der Waals surface area contributed by atoms with Crippen LogP contribution < -0.4 is 0 Å². The Balaban J connectivity index is 1.49. The van der Waals surface area contributed by atoms with Crippen LogP contribution in [0.15, 0.2) is 53.7 Å². The lowest BCUT2D eigenvalue weighted by molar-refractivity contribution is 0.144. The molecule has 11 heteroatoms. The van der Waals surface area contributed by atoms with E-state index < -0.39 is 10.0 Å². The largest absolute Gasteiger partial charge is 0.300 e. The third-order valence-corrected chi connectivity index (χ3v) is 8.26. The zero-order valence-corrected chi connectivity index (χ0v) is 20.2. The molecule has 1 aliphatic rings. The first-order chi connectivity index (χ1) is 15.4. The average Bonchev–Trinajstić information content (AvgIpc) is 3.10. The molecule has 0 atom stereocenters. The van der Waals surface area contributed by atoms with Crippen LogP contribution in [0.2, 0.25) is 5.02 Å². The zero-order valence-electron chi connectivity index (χ0n) is 17.8. The van der Waals surface area contributed by atoms with Gasteiger partial charge < -0.3 is 0 Å². The molecular formula is C21H25ClN6O2S2. The second-order valence-corrected chi connectivity index (χ2v) is 10.3. The number of hydrogen-bond donors (Lipinski definition) is 0. The van der Waals surface area contributed by atoms with Gasteiger partial charge in [0, 0.05) is 50.7 Å². The smallest absolute Gasteiger partial charge is 0.244 e. The van der Waals surface area contributed by atoms with Crippen molar-refractivity contribution in [3.63, 3.8) is 0 Å².